The fourth-order valence-electron chi connectivity index (χ4n) is 1.54. The first kappa shape index (κ1) is 11.5. The monoisotopic (exact) mass is 240 g/mol. The van der Waals surface area contributed by atoms with E-state index >= 15 is 0 Å². The molecule has 0 unspecified atom stereocenters. The molecule has 6 heteroatoms. The molecule has 0 atom stereocenters. The SMILES string of the molecule is Cc1nc(C=O)c2ccc(C(F)(F)F)cc2n1. The van der Waals surface area contributed by atoms with Crippen molar-refractivity contribution < 1.29 is 18.0 Å². The Kier molecular flexibility index (Phi) is 2.57. The van der Waals surface area contributed by atoms with Gasteiger partial charge in [-0.25, -0.2) is 9.97 Å². The zero-order chi connectivity index (χ0) is 12.6. The largest absolute Gasteiger partial charge is 0.416 e. The van der Waals surface area contributed by atoms with E-state index in [9.17, 15) is 18.0 Å². The van der Waals surface area contributed by atoms with Crippen molar-refractivity contribution in [2.24, 2.45) is 0 Å². The number of halogens is 3. The van der Waals surface area contributed by atoms with Gasteiger partial charge in [0, 0.05) is 5.39 Å². The van der Waals surface area contributed by atoms with Crippen molar-refractivity contribution in [1.82, 2.24) is 9.97 Å². The van der Waals surface area contributed by atoms with Crippen molar-refractivity contribution in [3.8, 4) is 0 Å². The Morgan fingerprint density at radius 1 is 1.24 bits per heavy atom. The van der Waals surface area contributed by atoms with Gasteiger partial charge in [0.25, 0.3) is 0 Å². The van der Waals surface area contributed by atoms with Crippen LogP contribution in [0.25, 0.3) is 10.9 Å². The average Bonchev–Trinajstić information content (AvgIpc) is 2.25. The van der Waals surface area contributed by atoms with E-state index in [2.05, 4.69) is 9.97 Å². The first-order valence-corrected chi connectivity index (χ1v) is 4.72. The zero-order valence-corrected chi connectivity index (χ0v) is 8.75. The summed E-state index contributed by atoms with van der Waals surface area (Å²) in [6, 6.07) is 3.03. The summed E-state index contributed by atoms with van der Waals surface area (Å²) >= 11 is 0. The van der Waals surface area contributed by atoms with Crippen LogP contribution in [-0.2, 0) is 6.18 Å². The Labute approximate surface area is 94.3 Å². The van der Waals surface area contributed by atoms with Gasteiger partial charge in [-0.2, -0.15) is 13.2 Å². The van der Waals surface area contributed by atoms with Crippen LogP contribution in [0.1, 0.15) is 21.9 Å². The summed E-state index contributed by atoms with van der Waals surface area (Å²) in [6.45, 7) is 1.52. The molecule has 0 saturated heterocycles. The Balaban J connectivity index is 2.74. The number of carbonyl (C=O) groups excluding carboxylic acids is 1. The molecular formula is C11H7F3N2O. The van der Waals surface area contributed by atoms with Crippen molar-refractivity contribution in [1.29, 1.82) is 0 Å². The number of aromatic nitrogens is 2. The summed E-state index contributed by atoms with van der Waals surface area (Å²) in [4.78, 5) is 18.5. The minimum Gasteiger partial charge on any atom is -0.296 e. The number of benzene rings is 1. The van der Waals surface area contributed by atoms with E-state index in [4.69, 9.17) is 0 Å². The minimum atomic E-state index is -4.42. The predicted octanol–water partition coefficient (Wildman–Crippen LogP) is 2.77. The fourth-order valence-corrected chi connectivity index (χ4v) is 1.54. The van der Waals surface area contributed by atoms with Gasteiger partial charge >= 0.3 is 6.18 Å². The van der Waals surface area contributed by atoms with Gasteiger partial charge in [0.15, 0.2) is 6.29 Å². The Bertz CT molecular complexity index is 593. The lowest BCUT2D eigenvalue weighted by atomic mass is 10.1. The Hall–Kier alpha value is -1.98. The minimum absolute atomic E-state index is 0.0984. The van der Waals surface area contributed by atoms with Crippen molar-refractivity contribution in [3.05, 3.63) is 35.3 Å². The molecule has 1 aromatic heterocycles. The highest BCUT2D eigenvalue weighted by molar-refractivity contribution is 5.94. The number of alkyl halides is 3. The van der Waals surface area contributed by atoms with Gasteiger partial charge in [-0.15, -0.1) is 0 Å². The number of fused-ring (bicyclic) bond motifs is 1. The summed E-state index contributed by atoms with van der Waals surface area (Å²) in [5.41, 5.74) is -0.574. The van der Waals surface area contributed by atoms with Gasteiger partial charge in [0.05, 0.1) is 11.1 Å². The maximum absolute atomic E-state index is 12.5. The lowest BCUT2D eigenvalue weighted by Gasteiger charge is -2.08. The number of aryl methyl sites for hydroxylation is 1. The van der Waals surface area contributed by atoms with E-state index in [0.717, 1.165) is 12.1 Å². The molecule has 88 valence electrons. The van der Waals surface area contributed by atoms with E-state index in [1.54, 1.807) is 0 Å². The highest BCUT2D eigenvalue weighted by Crippen LogP contribution is 2.31. The van der Waals surface area contributed by atoms with Crippen LogP contribution in [-0.4, -0.2) is 16.3 Å². The number of carbonyl (C=O) groups is 1. The van der Waals surface area contributed by atoms with Gasteiger partial charge in [0.2, 0.25) is 0 Å². The quantitative estimate of drug-likeness (QED) is 0.720. The molecule has 0 aliphatic heterocycles. The lowest BCUT2D eigenvalue weighted by Crippen LogP contribution is -2.05. The molecule has 2 rings (SSSR count). The summed E-state index contributed by atoms with van der Waals surface area (Å²) in [5.74, 6) is 0.263. The van der Waals surface area contributed by atoms with Crippen LogP contribution in [0.3, 0.4) is 0 Å². The van der Waals surface area contributed by atoms with Crippen molar-refractivity contribution in [2.75, 3.05) is 0 Å². The van der Waals surface area contributed by atoms with Crippen LogP contribution >= 0.6 is 0 Å². The molecule has 2 aromatic rings. The Morgan fingerprint density at radius 2 is 1.94 bits per heavy atom. The number of rotatable bonds is 1. The van der Waals surface area contributed by atoms with Gasteiger partial charge < -0.3 is 0 Å². The number of aldehydes is 1. The maximum Gasteiger partial charge on any atom is 0.416 e. The second-order valence-corrected chi connectivity index (χ2v) is 3.50. The number of nitrogens with zero attached hydrogens (tertiary/aromatic N) is 2. The highest BCUT2D eigenvalue weighted by Gasteiger charge is 2.30. The molecule has 17 heavy (non-hydrogen) atoms. The summed E-state index contributed by atoms with van der Waals surface area (Å²) in [6.07, 6.45) is -3.92. The van der Waals surface area contributed by atoms with Gasteiger partial charge in [-0.1, -0.05) is 0 Å². The van der Waals surface area contributed by atoms with E-state index in [0.29, 0.717) is 11.7 Å². The third-order valence-corrected chi connectivity index (χ3v) is 2.28. The molecule has 0 saturated carbocycles. The summed E-state index contributed by atoms with van der Waals surface area (Å²) < 4.78 is 37.5. The molecule has 3 nitrogen and oxygen atoms in total. The highest BCUT2D eigenvalue weighted by atomic mass is 19.4. The lowest BCUT2D eigenvalue weighted by molar-refractivity contribution is -0.137. The normalized spacial score (nSPS) is 11.8. The topological polar surface area (TPSA) is 42.9 Å². The van der Waals surface area contributed by atoms with Crippen LogP contribution < -0.4 is 0 Å². The van der Waals surface area contributed by atoms with E-state index < -0.39 is 11.7 Å². The molecule has 0 spiro atoms. The number of hydrogen-bond donors (Lipinski definition) is 0. The third-order valence-electron chi connectivity index (χ3n) is 2.28. The molecule has 0 aliphatic carbocycles. The van der Waals surface area contributed by atoms with E-state index in [1.807, 2.05) is 0 Å². The van der Waals surface area contributed by atoms with Crippen molar-refractivity contribution >= 4 is 17.2 Å². The summed E-state index contributed by atoms with van der Waals surface area (Å²) in [5, 5.41) is 0.318. The first-order chi connectivity index (χ1) is 7.91. The smallest absolute Gasteiger partial charge is 0.296 e. The maximum atomic E-state index is 12.5. The standard InChI is InChI=1S/C11H7F3N2O/c1-6-15-9-4-7(11(12,13)14)2-3-8(9)10(5-17)16-6/h2-5H,1H3. The van der Waals surface area contributed by atoms with Crippen LogP contribution in [0.15, 0.2) is 18.2 Å². The second-order valence-electron chi connectivity index (χ2n) is 3.50. The van der Waals surface area contributed by atoms with Gasteiger partial charge in [-0.05, 0) is 25.1 Å². The zero-order valence-electron chi connectivity index (χ0n) is 8.75. The number of hydrogen-bond acceptors (Lipinski definition) is 3. The van der Waals surface area contributed by atoms with Crippen LogP contribution in [0.4, 0.5) is 13.2 Å². The van der Waals surface area contributed by atoms with Gasteiger partial charge in [0.1, 0.15) is 11.5 Å². The molecule has 1 heterocycles. The van der Waals surface area contributed by atoms with Gasteiger partial charge in [-0.3, -0.25) is 4.79 Å². The molecule has 1 aromatic carbocycles. The molecule has 0 amide bonds. The third kappa shape index (κ3) is 2.11. The molecule has 0 radical (unpaired) electrons. The van der Waals surface area contributed by atoms with E-state index in [-0.39, 0.29) is 17.0 Å². The second kappa shape index (κ2) is 3.80. The van der Waals surface area contributed by atoms with E-state index in [1.165, 1.54) is 13.0 Å². The average molecular weight is 240 g/mol. The fraction of sp³-hybridized carbons (Fsp3) is 0.182. The molecule has 0 fully saturated rings. The van der Waals surface area contributed by atoms with Crippen LogP contribution in [0.2, 0.25) is 0 Å². The predicted molar refractivity (Wildman–Crippen MR) is 54.7 cm³/mol. The molecule has 0 bridgehead atoms. The first-order valence-electron chi connectivity index (χ1n) is 4.72. The van der Waals surface area contributed by atoms with Crippen LogP contribution in [0.5, 0.6) is 0 Å². The van der Waals surface area contributed by atoms with Crippen molar-refractivity contribution in [2.45, 2.75) is 13.1 Å². The Morgan fingerprint density at radius 3 is 2.53 bits per heavy atom. The molecular weight excluding hydrogens is 233 g/mol. The summed E-state index contributed by atoms with van der Waals surface area (Å²) in [7, 11) is 0. The van der Waals surface area contributed by atoms with Crippen LogP contribution in [0, 0.1) is 6.92 Å². The molecule has 0 N–H and O–H groups in total. The van der Waals surface area contributed by atoms with Crippen molar-refractivity contribution in [3.63, 3.8) is 0 Å². The molecule has 0 aliphatic rings.